The van der Waals surface area contributed by atoms with Gasteiger partial charge in [0.15, 0.2) is 0 Å². The van der Waals surface area contributed by atoms with Crippen LogP contribution in [0.3, 0.4) is 0 Å². The van der Waals surface area contributed by atoms with Gasteiger partial charge in [0.25, 0.3) is 0 Å². The maximum atomic E-state index is 12.4. The highest BCUT2D eigenvalue weighted by atomic mass is 35.5. The van der Waals surface area contributed by atoms with Gasteiger partial charge >= 0.3 is 0 Å². The molecule has 1 unspecified atom stereocenters. The van der Waals surface area contributed by atoms with Gasteiger partial charge in [0, 0.05) is 31.6 Å². The van der Waals surface area contributed by atoms with Crippen molar-refractivity contribution in [2.45, 2.75) is 38.0 Å². The van der Waals surface area contributed by atoms with Crippen molar-refractivity contribution in [1.29, 1.82) is 0 Å². The van der Waals surface area contributed by atoms with Gasteiger partial charge < -0.3 is 14.7 Å². The summed E-state index contributed by atoms with van der Waals surface area (Å²) in [6.45, 7) is 3.70. The number of likely N-dealkylation sites (tertiary alicyclic amines) is 1. The number of amides is 1. The molecule has 1 N–H and O–H groups in total. The average Bonchev–Trinajstić information content (AvgIpc) is 3.39. The smallest absolute Gasteiger partial charge is 0.230 e. The maximum absolute atomic E-state index is 12.4. The molecule has 0 radical (unpaired) electrons. The van der Waals surface area contributed by atoms with E-state index in [-0.39, 0.29) is 36.6 Å². The van der Waals surface area contributed by atoms with Crippen molar-refractivity contribution in [3.8, 4) is 11.5 Å². The molecule has 0 aliphatic carbocycles. The number of aromatic nitrogens is 3. The molecule has 1 amide bonds. The number of nitrogens with zero attached hydrogens (tertiary/aromatic N) is 4. The van der Waals surface area contributed by atoms with Crippen LogP contribution in [-0.2, 0) is 4.79 Å². The van der Waals surface area contributed by atoms with E-state index in [1.54, 1.807) is 6.20 Å². The molecule has 2 aliphatic rings. The molecular formula is C19H27Cl2N5O2. The maximum Gasteiger partial charge on any atom is 0.230 e. The van der Waals surface area contributed by atoms with Crippen LogP contribution in [0.15, 0.2) is 28.9 Å². The van der Waals surface area contributed by atoms with E-state index in [1.807, 2.05) is 23.1 Å². The number of pyridine rings is 1. The lowest BCUT2D eigenvalue weighted by Gasteiger charge is -2.30. The number of carbonyl (C=O) groups excluding carboxylic acids is 1. The van der Waals surface area contributed by atoms with Gasteiger partial charge in [0.2, 0.25) is 17.6 Å². The first-order valence-corrected chi connectivity index (χ1v) is 9.53. The first kappa shape index (κ1) is 22.6. The predicted molar refractivity (Wildman–Crippen MR) is 111 cm³/mol. The molecule has 0 aromatic carbocycles. The molecule has 4 rings (SSSR count). The molecule has 0 spiro atoms. The van der Waals surface area contributed by atoms with Crippen LogP contribution in [0.25, 0.3) is 11.5 Å². The molecule has 7 nitrogen and oxygen atoms in total. The molecule has 2 aromatic rings. The zero-order valence-electron chi connectivity index (χ0n) is 15.7. The Morgan fingerprint density at radius 2 is 2.04 bits per heavy atom. The van der Waals surface area contributed by atoms with Crippen LogP contribution >= 0.6 is 24.8 Å². The predicted octanol–water partition coefficient (Wildman–Crippen LogP) is 3.07. The second kappa shape index (κ2) is 10.7. The molecule has 2 aliphatic heterocycles. The second-order valence-electron chi connectivity index (χ2n) is 7.22. The van der Waals surface area contributed by atoms with Gasteiger partial charge in [-0.3, -0.25) is 9.78 Å². The lowest BCUT2D eigenvalue weighted by molar-refractivity contribution is -0.132. The Morgan fingerprint density at radius 1 is 1.21 bits per heavy atom. The third kappa shape index (κ3) is 5.43. The van der Waals surface area contributed by atoms with Gasteiger partial charge in [-0.05, 0) is 56.8 Å². The van der Waals surface area contributed by atoms with E-state index in [2.05, 4.69) is 20.4 Å². The van der Waals surface area contributed by atoms with E-state index in [1.165, 1.54) is 6.42 Å². The summed E-state index contributed by atoms with van der Waals surface area (Å²) in [7, 11) is 0. The highest BCUT2D eigenvalue weighted by molar-refractivity contribution is 5.85. The summed E-state index contributed by atoms with van der Waals surface area (Å²) in [6, 6.07) is 5.64. The standard InChI is InChI=1S/C19H25N5O2.2ClH/c25-17(5-4-14-6-10-20-13-14)24-11-7-15(8-12-24)19-22-18(23-26-19)16-3-1-2-9-21-16;;/h1-3,9,14-15,20H,4-8,10-13H2;2*1H. The number of hydrogen-bond acceptors (Lipinski definition) is 6. The largest absolute Gasteiger partial charge is 0.343 e. The summed E-state index contributed by atoms with van der Waals surface area (Å²) in [5.41, 5.74) is 0.719. The minimum atomic E-state index is 0. The molecule has 4 heterocycles. The number of nitrogens with one attached hydrogen (secondary N) is 1. The first-order valence-electron chi connectivity index (χ1n) is 9.53. The van der Waals surface area contributed by atoms with Crippen molar-refractivity contribution in [1.82, 2.24) is 25.3 Å². The van der Waals surface area contributed by atoms with Crippen LogP contribution in [0.5, 0.6) is 0 Å². The Kier molecular flexibility index (Phi) is 8.66. The summed E-state index contributed by atoms with van der Waals surface area (Å²) in [6.07, 6.45) is 6.34. The van der Waals surface area contributed by atoms with Crippen LogP contribution in [-0.4, -0.2) is 52.1 Å². The van der Waals surface area contributed by atoms with Crippen molar-refractivity contribution >= 4 is 30.7 Å². The summed E-state index contributed by atoms with van der Waals surface area (Å²) in [5.74, 6) is 2.37. The Hall–Kier alpha value is -1.70. The van der Waals surface area contributed by atoms with Crippen LogP contribution < -0.4 is 5.32 Å². The van der Waals surface area contributed by atoms with Gasteiger partial charge in [0.05, 0.1) is 0 Å². The summed E-state index contributed by atoms with van der Waals surface area (Å²) >= 11 is 0. The van der Waals surface area contributed by atoms with E-state index in [0.29, 0.717) is 24.1 Å². The van der Waals surface area contributed by atoms with Gasteiger partial charge in [-0.1, -0.05) is 11.2 Å². The van der Waals surface area contributed by atoms with Crippen molar-refractivity contribution in [2.75, 3.05) is 26.2 Å². The van der Waals surface area contributed by atoms with Gasteiger partial charge in [-0.25, -0.2) is 0 Å². The topological polar surface area (TPSA) is 84.2 Å². The zero-order chi connectivity index (χ0) is 17.8. The molecular weight excluding hydrogens is 401 g/mol. The quantitative estimate of drug-likeness (QED) is 0.788. The average molecular weight is 428 g/mol. The first-order chi connectivity index (χ1) is 12.8. The van der Waals surface area contributed by atoms with Crippen LogP contribution in [0.4, 0.5) is 0 Å². The Labute approximate surface area is 177 Å². The molecule has 0 bridgehead atoms. The summed E-state index contributed by atoms with van der Waals surface area (Å²) < 4.78 is 5.46. The monoisotopic (exact) mass is 427 g/mol. The number of halogens is 2. The highest BCUT2D eigenvalue weighted by Gasteiger charge is 2.28. The molecule has 1 atom stereocenters. The Balaban J connectivity index is 0.00000140. The number of carbonyl (C=O) groups is 1. The lowest BCUT2D eigenvalue weighted by atomic mass is 9.96. The van der Waals surface area contributed by atoms with E-state index in [4.69, 9.17) is 4.52 Å². The van der Waals surface area contributed by atoms with Crippen molar-refractivity contribution in [3.63, 3.8) is 0 Å². The zero-order valence-corrected chi connectivity index (χ0v) is 17.4. The van der Waals surface area contributed by atoms with E-state index in [9.17, 15) is 4.79 Å². The normalized spacial score (nSPS) is 19.7. The fourth-order valence-electron chi connectivity index (χ4n) is 3.82. The Bertz CT molecular complexity index is 729. The molecule has 154 valence electrons. The van der Waals surface area contributed by atoms with Crippen LogP contribution in [0, 0.1) is 5.92 Å². The number of hydrogen-bond donors (Lipinski definition) is 1. The molecule has 2 aromatic heterocycles. The molecule has 28 heavy (non-hydrogen) atoms. The third-order valence-corrected chi connectivity index (χ3v) is 5.46. The van der Waals surface area contributed by atoms with Crippen molar-refractivity contribution < 1.29 is 9.32 Å². The highest BCUT2D eigenvalue weighted by Crippen LogP contribution is 2.28. The molecule has 0 saturated carbocycles. The number of rotatable bonds is 5. The summed E-state index contributed by atoms with van der Waals surface area (Å²) in [5, 5.41) is 7.41. The van der Waals surface area contributed by atoms with Gasteiger partial charge in [-0.15, -0.1) is 24.8 Å². The minimum Gasteiger partial charge on any atom is -0.343 e. The molecule has 2 fully saturated rings. The summed E-state index contributed by atoms with van der Waals surface area (Å²) in [4.78, 5) is 23.2. The fraction of sp³-hybridized carbons (Fsp3) is 0.579. The third-order valence-electron chi connectivity index (χ3n) is 5.46. The molecule has 9 heteroatoms. The van der Waals surface area contributed by atoms with E-state index in [0.717, 1.165) is 51.1 Å². The fourth-order valence-corrected chi connectivity index (χ4v) is 3.82. The second-order valence-corrected chi connectivity index (χ2v) is 7.22. The SMILES string of the molecule is Cl.Cl.O=C(CCC1CCNC1)N1CCC(c2nc(-c3ccccn3)no2)CC1. The van der Waals surface area contributed by atoms with Gasteiger partial charge in [-0.2, -0.15) is 4.98 Å². The lowest BCUT2D eigenvalue weighted by Crippen LogP contribution is -2.38. The van der Waals surface area contributed by atoms with Crippen molar-refractivity contribution in [2.24, 2.45) is 5.92 Å². The van der Waals surface area contributed by atoms with Gasteiger partial charge in [0.1, 0.15) is 5.69 Å². The minimum absolute atomic E-state index is 0. The Morgan fingerprint density at radius 3 is 2.71 bits per heavy atom. The van der Waals surface area contributed by atoms with E-state index < -0.39 is 0 Å². The van der Waals surface area contributed by atoms with Crippen LogP contribution in [0.2, 0.25) is 0 Å². The van der Waals surface area contributed by atoms with E-state index >= 15 is 0 Å². The molecule has 2 saturated heterocycles. The van der Waals surface area contributed by atoms with Crippen molar-refractivity contribution in [3.05, 3.63) is 30.3 Å². The number of piperidine rings is 1. The van der Waals surface area contributed by atoms with Crippen LogP contribution in [0.1, 0.15) is 43.9 Å².